The minimum Gasteiger partial charge on any atom is -0.465 e. The zero-order chi connectivity index (χ0) is 14.0. The highest BCUT2D eigenvalue weighted by Crippen LogP contribution is 2.24. The molecule has 0 radical (unpaired) electrons. The summed E-state index contributed by atoms with van der Waals surface area (Å²) in [6, 6.07) is 5.10. The van der Waals surface area contributed by atoms with E-state index in [2.05, 4.69) is 25.7 Å². The SMILES string of the molecule is COC(=O)c1cn(-c2ccccn2)c(=O)c(Br)c1Cl. The summed E-state index contributed by atoms with van der Waals surface area (Å²) in [5, 5.41) is 0.0176. The Labute approximate surface area is 121 Å². The molecule has 0 saturated carbocycles. The van der Waals surface area contributed by atoms with Crippen LogP contribution < -0.4 is 5.56 Å². The van der Waals surface area contributed by atoms with Gasteiger partial charge in [0.25, 0.3) is 5.56 Å². The highest BCUT2D eigenvalue weighted by molar-refractivity contribution is 9.10. The summed E-state index contributed by atoms with van der Waals surface area (Å²) < 4.78 is 5.93. The van der Waals surface area contributed by atoms with Crippen LogP contribution in [-0.4, -0.2) is 22.6 Å². The van der Waals surface area contributed by atoms with Crippen LogP contribution in [0.2, 0.25) is 5.02 Å². The van der Waals surface area contributed by atoms with Crippen molar-refractivity contribution in [1.29, 1.82) is 0 Å². The van der Waals surface area contributed by atoms with Gasteiger partial charge in [-0.05, 0) is 28.1 Å². The van der Waals surface area contributed by atoms with E-state index in [0.29, 0.717) is 5.82 Å². The van der Waals surface area contributed by atoms with Gasteiger partial charge < -0.3 is 4.74 Å². The van der Waals surface area contributed by atoms with E-state index in [0.717, 1.165) is 0 Å². The molecule has 0 atom stereocenters. The van der Waals surface area contributed by atoms with Crippen LogP contribution in [0.4, 0.5) is 0 Å². The van der Waals surface area contributed by atoms with Gasteiger partial charge in [-0.15, -0.1) is 0 Å². The maximum absolute atomic E-state index is 12.1. The molecule has 2 aromatic heterocycles. The van der Waals surface area contributed by atoms with Crippen molar-refractivity contribution in [3.05, 3.63) is 56.0 Å². The quantitative estimate of drug-likeness (QED) is 0.786. The number of hydrogen-bond acceptors (Lipinski definition) is 4. The number of methoxy groups -OCH3 is 1. The van der Waals surface area contributed by atoms with E-state index in [1.807, 2.05) is 0 Å². The van der Waals surface area contributed by atoms with Crippen molar-refractivity contribution in [3.8, 4) is 5.82 Å². The fourth-order valence-electron chi connectivity index (χ4n) is 1.48. The molecule has 0 saturated heterocycles. The first-order chi connectivity index (χ1) is 9.06. The minimum atomic E-state index is -0.629. The van der Waals surface area contributed by atoms with Crippen LogP contribution in [0.5, 0.6) is 0 Å². The Morgan fingerprint density at radius 1 is 1.47 bits per heavy atom. The number of rotatable bonds is 2. The molecule has 2 rings (SSSR count). The van der Waals surface area contributed by atoms with Crippen molar-refractivity contribution in [1.82, 2.24) is 9.55 Å². The van der Waals surface area contributed by atoms with Gasteiger partial charge in [-0.3, -0.25) is 9.36 Å². The second-order valence-electron chi connectivity index (χ2n) is 3.53. The molecule has 5 nitrogen and oxygen atoms in total. The topological polar surface area (TPSA) is 61.2 Å². The summed E-state index contributed by atoms with van der Waals surface area (Å²) >= 11 is 9.02. The van der Waals surface area contributed by atoms with Crippen molar-refractivity contribution >= 4 is 33.5 Å². The summed E-state index contributed by atoms with van der Waals surface area (Å²) in [6.45, 7) is 0. The van der Waals surface area contributed by atoms with Crippen LogP contribution in [0.1, 0.15) is 10.4 Å². The highest BCUT2D eigenvalue weighted by Gasteiger charge is 2.19. The zero-order valence-electron chi connectivity index (χ0n) is 9.76. The van der Waals surface area contributed by atoms with Crippen molar-refractivity contribution < 1.29 is 9.53 Å². The van der Waals surface area contributed by atoms with Crippen molar-refractivity contribution in [2.24, 2.45) is 0 Å². The van der Waals surface area contributed by atoms with Gasteiger partial charge in [0, 0.05) is 12.4 Å². The minimum absolute atomic E-state index is 0.0176. The van der Waals surface area contributed by atoms with Crippen LogP contribution >= 0.6 is 27.5 Å². The summed E-state index contributed by atoms with van der Waals surface area (Å²) in [5.41, 5.74) is -0.322. The Kier molecular flexibility index (Phi) is 4.01. The molecule has 0 spiro atoms. The van der Waals surface area contributed by atoms with Crippen LogP contribution in [-0.2, 0) is 4.74 Å². The maximum atomic E-state index is 12.1. The van der Waals surface area contributed by atoms with Crippen molar-refractivity contribution in [2.45, 2.75) is 0 Å². The standard InChI is InChI=1S/C12H8BrClN2O3/c1-19-12(18)7-6-16(8-4-2-3-5-15-8)11(17)9(13)10(7)14/h2-6H,1H3. The van der Waals surface area contributed by atoms with Gasteiger partial charge in [0.1, 0.15) is 10.3 Å². The van der Waals surface area contributed by atoms with Gasteiger partial charge in [0.2, 0.25) is 0 Å². The number of hydrogen-bond donors (Lipinski definition) is 0. The first kappa shape index (κ1) is 13.8. The number of pyridine rings is 2. The van der Waals surface area contributed by atoms with Gasteiger partial charge in [-0.25, -0.2) is 9.78 Å². The Hall–Kier alpha value is -1.66. The summed E-state index contributed by atoms with van der Waals surface area (Å²) in [4.78, 5) is 27.8. The molecule has 0 aromatic carbocycles. The van der Waals surface area contributed by atoms with Crippen LogP contribution in [0.3, 0.4) is 0 Å². The predicted octanol–water partition coefficient (Wildman–Crippen LogP) is 2.44. The average molecular weight is 344 g/mol. The molecule has 2 heterocycles. The summed E-state index contributed by atoms with van der Waals surface area (Å²) in [6.07, 6.45) is 2.85. The van der Waals surface area contributed by atoms with Gasteiger partial charge in [-0.1, -0.05) is 17.7 Å². The van der Waals surface area contributed by atoms with Crippen LogP contribution in [0, 0.1) is 0 Å². The summed E-state index contributed by atoms with van der Waals surface area (Å²) in [5.74, 6) is -0.245. The van der Waals surface area contributed by atoms with E-state index in [-0.39, 0.29) is 15.1 Å². The highest BCUT2D eigenvalue weighted by atomic mass is 79.9. The third-order valence-electron chi connectivity index (χ3n) is 2.40. The van der Waals surface area contributed by atoms with Gasteiger partial charge >= 0.3 is 5.97 Å². The van der Waals surface area contributed by atoms with Gasteiger partial charge in [-0.2, -0.15) is 0 Å². The molecule has 0 N–H and O–H groups in total. The predicted molar refractivity (Wildman–Crippen MR) is 73.9 cm³/mol. The van der Waals surface area contributed by atoms with Gasteiger partial charge in [0.15, 0.2) is 0 Å². The molecule has 7 heteroatoms. The van der Waals surface area contributed by atoms with E-state index in [4.69, 9.17) is 11.6 Å². The summed E-state index contributed by atoms with van der Waals surface area (Å²) in [7, 11) is 1.24. The fraction of sp³-hybridized carbons (Fsp3) is 0.0833. The van der Waals surface area contributed by atoms with E-state index >= 15 is 0 Å². The third kappa shape index (κ3) is 2.54. The molecule has 19 heavy (non-hydrogen) atoms. The number of nitrogens with zero attached hydrogens (tertiary/aromatic N) is 2. The van der Waals surface area contributed by atoms with Crippen molar-refractivity contribution in [2.75, 3.05) is 7.11 Å². The second-order valence-corrected chi connectivity index (χ2v) is 4.70. The van der Waals surface area contributed by atoms with Crippen LogP contribution in [0.15, 0.2) is 39.9 Å². The zero-order valence-corrected chi connectivity index (χ0v) is 12.1. The molecule has 0 amide bonds. The Balaban J connectivity index is 2.73. The van der Waals surface area contributed by atoms with Gasteiger partial charge in [0.05, 0.1) is 17.7 Å². The van der Waals surface area contributed by atoms with Crippen molar-refractivity contribution in [3.63, 3.8) is 0 Å². The largest absolute Gasteiger partial charge is 0.465 e. The molecule has 0 unspecified atom stereocenters. The number of aromatic nitrogens is 2. The Bertz CT molecular complexity index is 685. The lowest BCUT2D eigenvalue weighted by molar-refractivity contribution is 0.0600. The molecule has 0 aliphatic carbocycles. The first-order valence-corrected chi connectivity index (χ1v) is 6.33. The fourth-order valence-corrected chi connectivity index (χ4v) is 2.09. The molecule has 0 fully saturated rings. The van der Waals surface area contributed by atoms with E-state index in [1.54, 1.807) is 24.4 Å². The molecule has 0 aliphatic heterocycles. The first-order valence-electron chi connectivity index (χ1n) is 5.16. The maximum Gasteiger partial charge on any atom is 0.340 e. The molecule has 0 bridgehead atoms. The number of esters is 1. The molecule has 98 valence electrons. The van der Waals surface area contributed by atoms with E-state index < -0.39 is 11.5 Å². The van der Waals surface area contributed by atoms with E-state index in [9.17, 15) is 9.59 Å². The lowest BCUT2D eigenvalue weighted by atomic mass is 10.3. The molecular weight excluding hydrogens is 336 g/mol. The Morgan fingerprint density at radius 2 is 2.21 bits per heavy atom. The molecule has 0 aliphatic rings. The van der Waals surface area contributed by atoms with Crippen LogP contribution in [0.25, 0.3) is 5.82 Å². The molecular formula is C12H8BrClN2O3. The lowest BCUT2D eigenvalue weighted by Gasteiger charge is -2.09. The van der Waals surface area contributed by atoms with E-state index in [1.165, 1.54) is 17.9 Å². The number of carbonyl (C=O) groups is 1. The average Bonchev–Trinajstić information content (AvgIpc) is 2.45. The number of carbonyl (C=O) groups excluding carboxylic acids is 1. The Morgan fingerprint density at radius 3 is 2.79 bits per heavy atom. The second kappa shape index (κ2) is 5.54. The smallest absolute Gasteiger partial charge is 0.340 e. The monoisotopic (exact) mass is 342 g/mol. The third-order valence-corrected chi connectivity index (χ3v) is 3.75. The molecule has 2 aromatic rings. The number of ether oxygens (including phenoxy) is 1. The normalized spacial score (nSPS) is 10.3. The number of halogens is 2. The lowest BCUT2D eigenvalue weighted by Crippen LogP contribution is -2.22.